The maximum absolute atomic E-state index is 11.6. The van der Waals surface area contributed by atoms with Crippen LogP contribution in [-0.4, -0.2) is 36.4 Å². The van der Waals surface area contributed by atoms with Gasteiger partial charge in [0.05, 0.1) is 6.61 Å². The highest BCUT2D eigenvalue weighted by atomic mass is 32.1. The van der Waals surface area contributed by atoms with E-state index < -0.39 is 31.3 Å². The molecule has 6 heteroatoms. The standard InChI is InChI=1S/C33H8O5.H2S.26H2/c1-3-5-7-9-11-13-15-16-17-18-20-22-24-26-28-33(36)38-31(29-34)30-37-32(35)27-25-23-21-19-14-12-10-8-6-4-2;;;;;;;;;;;;;;;;;;;;;;;;;;;/h1-2,31,34H,29-30H2;1H2;26*1H/t31-;;;;;;;;;;;;;;;;;;;;;;;;;;;/m0.........................../s1. The minimum absolute atomic E-state index is 0. The first-order chi connectivity index (χ1) is 18.6. The number of carbonyl (C=O) groups excluding carboxylic acids is 2. The number of aliphatic hydroxyl groups excluding tert-OH is 1. The minimum Gasteiger partial charge on any atom is -0.452 e. The molecule has 0 aliphatic rings. The van der Waals surface area contributed by atoms with E-state index in [1.54, 1.807) is 0 Å². The van der Waals surface area contributed by atoms with Gasteiger partial charge in [-0.2, -0.15) is 13.5 Å². The number of hydrogen-bond acceptors (Lipinski definition) is 5. The Morgan fingerprint density at radius 1 is 0.564 bits per heavy atom. The lowest BCUT2D eigenvalue weighted by molar-refractivity contribution is -0.153. The second-order valence-corrected chi connectivity index (χ2v) is 5.10. The Hall–Kier alpha value is -6.91. The first kappa shape index (κ1) is 34.3. The molecule has 0 unspecified atom stereocenters. The van der Waals surface area contributed by atoms with Crippen molar-refractivity contribution < 1.29 is 61.3 Å². The summed E-state index contributed by atoms with van der Waals surface area (Å²) in [6, 6.07) is 0. The quantitative estimate of drug-likeness (QED) is 0.284. The van der Waals surface area contributed by atoms with Gasteiger partial charge >= 0.3 is 11.9 Å². The zero-order valence-electron chi connectivity index (χ0n) is 19.7. The van der Waals surface area contributed by atoms with E-state index in [4.69, 9.17) is 22.3 Å². The molecule has 230 valence electrons. The fraction of sp³-hybridized carbons (Fsp3) is 0.0909. The molecule has 1 atom stereocenters. The lowest BCUT2D eigenvalue weighted by atomic mass is 10.4. The van der Waals surface area contributed by atoms with Crippen LogP contribution in [0.5, 0.6) is 0 Å². The van der Waals surface area contributed by atoms with Gasteiger partial charge in [-0.15, -0.1) is 12.8 Å². The Kier molecular flexibility index (Phi) is 24.0. The molecule has 0 aromatic rings. The van der Waals surface area contributed by atoms with Crippen molar-refractivity contribution in [2.75, 3.05) is 13.2 Å². The van der Waals surface area contributed by atoms with Gasteiger partial charge in [0, 0.05) is 48.9 Å². The zero-order chi connectivity index (χ0) is 27.9. The molecule has 0 radical (unpaired) electrons. The van der Waals surface area contributed by atoms with Gasteiger partial charge in [0.2, 0.25) is 0 Å². The van der Waals surface area contributed by atoms with Crippen LogP contribution in [0.1, 0.15) is 37.1 Å². The summed E-state index contributed by atoms with van der Waals surface area (Å²) in [5.74, 6) is 58.1. The van der Waals surface area contributed by atoms with Crippen molar-refractivity contribution in [2.24, 2.45) is 0 Å². The molecule has 0 heterocycles. The molecule has 1 N–H and O–H groups in total. The third-order valence-corrected chi connectivity index (χ3v) is 2.60. The molecule has 0 aliphatic heterocycles. The zero-order valence-corrected chi connectivity index (χ0v) is 20.7. The second kappa shape index (κ2) is 27.3. The number of esters is 2. The molecule has 0 fully saturated rings. The fourth-order valence-electron chi connectivity index (χ4n) is 1.31. The molecule has 0 amide bonds. The maximum atomic E-state index is 11.6. The van der Waals surface area contributed by atoms with Gasteiger partial charge in [-0.05, 0) is 142 Å². The smallest absolute Gasteiger partial charge is 0.385 e. The van der Waals surface area contributed by atoms with E-state index in [-0.39, 0.29) is 50.6 Å². The molecule has 0 saturated heterocycles. The summed E-state index contributed by atoms with van der Waals surface area (Å²) in [5.41, 5.74) is 0. The predicted octanol–water partition coefficient (Wildman–Crippen LogP) is 5.25. The Labute approximate surface area is 274 Å². The molecule has 0 bridgehead atoms. The average Bonchev–Trinajstić information content (AvgIpc) is 2.92. The van der Waals surface area contributed by atoms with Crippen molar-refractivity contribution >= 4 is 25.4 Å². The van der Waals surface area contributed by atoms with Gasteiger partial charge in [0.25, 0.3) is 0 Å². The van der Waals surface area contributed by atoms with Gasteiger partial charge in [-0.25, -0.2) is 9.59 Å². The van der Waals surface area contributed by atoms with Crippen LogP contribution in [0.2, 0.25) is 0 Å². The minimum atomic E-state index is -1.16. The lowest BCUT2D eigenvalue weighted by Gasteiger charge is -2.12. The van der Waals surface area contributed by atoms with Crippen molar-refractivity contribution in [3.8, 4) is 167 Å². The molecule has 0 aliphatic carbocycles. The normalized spacial score (nSPS) is 6.23. The second-order valence-electron chi connectivity index (χ2n) is 5.10. The first-order valence-electron chi connectivity index (χ1n) is 9.55. The van der Waals surface area contributed by atoms with E-state index >= 15 is 0 Å². The van der Waals surface area contributed by atoms with Crippen molar-refractivity contribution in [2.45, 2.75) is 6.10 Å². The van der Waals surface area contributed by atoms with Crippen molar-refractivity contribution in [1.29, 1.82) is 0 Å². The topological polar surface area (TPSA) is 72.8 Å². The molecule has 0 spiro atoms. The Balaban J connectivity index is -0.0000000195. The number of terminal acetylenes is 2. The highest BCUT2D eigenvalue weighted by molar-refractivity contribution is 7.59. The monoisotopic (exact) mass is 570 g/mol. The highest BCUT2D eigenvalue weighted by Gasteiger charge is 2.14. The predicted molar refractivity (Wildman–Crippen MR) is 204 cm³/mol. The van der Waals surface area contributed by atoms with Gasteiger partial charge in [0.15, 0.2) is 6.10 Å². The summed E-state index contributed by atoms with van der Waals surface area (Å²) in [6.45, 7) is -1.08. The SMILES string of the molecule is C#CC#CC#CC#CC#CC#CC#CC#CC(=O)O[C@@H](CO)COC(=O)C#CC#CC#CC#CC#CC#C.S.[HH].[HH].[HH].[HH].[HH].[HH].[HH].[HH].[HH].[HH].[HH].[HH].[HH].[HH].[HH].[HH].[HH].[HH].[HH].[HH].[HH].[HH].[HH].[HH].[HH].[HH]. The fourth-order valence-corrected chi connectivity index (χ4v) is 1.31. The van der Waals surface area contributed by atoms with Crippen LogP contribution in [0.25, 0.3) is 0 Å². The van der Waals surface area contributed by atoms with Gasteiger partial charge in [-0.1, -0.05) is 0 Å². The van der Waals surface area contributed by atoms with Crippen LogP contribution in [0, 0.1) is 167 Å². The summed E-state index contributed by atoms with van der Waals surface area (Å²) in [5, 5.41) is 9.24. The van der Waals surface area contributed by atoms with Gasteiger partial charge in [0.1, 0.15) is 6.61 Å². The molecular weight excluding hydrogens is 508 g/mol. The Morgan fingerprint density at radius 2 is 0.872 bits per heavy atom. The third-order valence-electron chi connectivity index (χ3n) is 2.60. The number of hydrogen-bond donors (Lipinski definition) is 1. The van der Waals surface area contributed by atoms with Gasteiger partial charge in [-0.3, -0.25) is 0 Å². The molecule has 0 aromatic heterocycles. The maximum Gasteiger partial charge on any atom is 0.385 e. The number of ether oxygens (including phenoxy) is 2. The van der Waals surface area contributed by atoms with E-state index in [1.807, 2.05) is 0 Å². The van der Waals surface area contributed by atoms with E-state index in [0.717, 1.165) is 0 Å². The summed E-state index contributed by atoms with van der Waals surface area (Å²) >= 11 is 0. The van der Waals surface area contributed by atoms with Crippen molar-refractivity contribution in [3.63, 3.8) is 0 Å². The van der Waals surface area contributed by atoms with Crippen LogP contribution < -0.4 is 0 Å². The van der Waals surface area contributed by atoms with E-state index in [9.17, 15) is 14.7 Å². The van der Waals surface area contributed by atoms with E-state index in [1.165, 1.54) is 0 Å². The molecule has 0 aromatic carbocycles. The number of rotatable bonds is 4. The summed E-state index contributed by atoms with van der Waals surface area (Å²) in [6.07, 6.45) is 8.67. The van der Waals surface area contributed by atoms with Crippen molar-refractivity contribution in [1.82, 2.24) is 0 Å². The third kappa shape index (κ3) is 25.5. The summed E-state index contributed by atoms with van der Waals surface area (Å²) in [7, 11) is 0. The summed E-state index contributed by atoms with van der Waals surface area (Å²) < 4.78 is 9.59. The lowest BCUT2D eigenvalue weighted by Crippen LogP contribution is -2.27. The van der Waals surface area contributed by atoms with Crippen LogP contribution in [-0.2, 0) is 19.1 Å². The Morgan fingerprint density at radius 3 is 1.21 bits per heavy atom. The van der Waals surface area contributed by atoms with E-state index in [0.29, 0.717) is 0 Å². The molecular formula is C33H62O5S. The Bertz CT molecular complexity index is 1870. The van der Waals surface area contributed by atoms with Crippen LogP contribution >= 0.6 is 13.5 Å². The molecule has 39 heavy (non-hydrogen) atoms. The first-order valence-corrected chi connectivity index (χ1v) is 9.55. The average molecular weight is 571 g/mol. The largest absolute Gasteiger partial charge is 0.452 e. The molecule has 0 saturated carbocycles. The van der Waals surface area contributed by atoms with Crippen molar-refractivity contribution in [3.05, 3.63) is 0 Å². The number of aliphatic hydroxyl groups is 1. The molecule has 5 nitrogen and oxygen atoms in total. The molecule has 0 rings (SSSR count). The van der Waals surface area contributed by atoms with Gasteiger partial charge < -0.3 is 14.6 Å². The van der Waals surface area contributed by atoms with Crippen LogP contribution in [0.3, 0.4) is 0 Å². The highest BCUT2D eigenvalue weighted by Crippen LogP contribution is 1.94. The summed E-state index contributed by atoms with van der Waals surface area (Å²) in [4.78, 5) is 23.2. The van der Waals surface area contributed by atoms with Crippen LogP contribution in [0.4, 0.5) is 0 Å². The van der Waals surface area contributed by atoms with E-state index in [2.05, 4.69) is 154 Å². The number of carbonyl (C=O) groups is 2. The van der Waals surface area contributed by atoms with Crippen LogP contribution in [0.15, 0.2) is 0 Å².